The molecule has 20 heavy (non-hydrogen) atoms. The number of nitrogens with one attached hydrogen (secondary N) is 1. The third kappa shape index (κ3) is 4.08. The van der Waals surface area contributed by atoms with Crippen LogP contribution in [0.2, 0.25) is 0 Å². The van der Waals surface area contributed by atoms with Crippen molar-refractivity contribution >= 4 is 17.8 Å². The van der Waals surface area contributed by atoms with Gasteiger partial charge in [-0.1, -0.05) is 5.16 Å². The van der Waals surface area contributed by atoms with Gasteiger partial charge in [-0.15, -0.1) is 0 Å². The molecule has 1 aromatic rings. The Balaban J connectivity index is 2.75. The molecule has 0 aliphatic heterocycles. The Labute approximate surface area is 115 Å². The van der Waals surface area contributed by atoms with Crippen molar-refractivity contribution in [2.45, 2.75) is 26.8 Å². The number of amides is 2. The molecule has 1 rings (SSSR count). The van der Waals surface area contributed by atoms with E-state index in [1.165, 1.54) is 4.90 Å². The van der Waals surface area contributed by atoms with Crippen molar-refractivity contribution in [3.8, 4) is 0 Å². The number of likely N-dealkylation sites (N-methyl/N-ethyl adjacent to an activating group) is 1. The Morgan fingerprint density at radius 2 is 2.10 bits per heavy atom. The zero-order chi connectivity index (χ0) is 15.3. The summed E-state index contributed by atoms with van der Waals surface area (Å²) in [6, 6.07) is 1.01. The molecule has 2 amide bonds. The largest absolute Gasteiger partial charge is 0.475 e. The lowest BCUT2D eigenvalue weighted by molar-refractivity contribution is -0.122. The molecular weight excluding hydrogens is 266 g/mol. The zero-order valence-electron chi connectivity index (χ0n) is 11.5. The summed E-state index contributed by atoms with van der Waals surface area (Å²) in [6.45, 7) is 5.50. The topological polar surface area (TPSA) is 113 Å². The highest BCUT2D eigenvalue weighted by atomic mass is 16.5. The third-order valence-electron chi connectivity index (χ3n) is 2.39. The molecule has 0 aromatic carbocycles. The van der Waals surface area contributed by atoms with Crippen LogP contribution < -0.4 is 5.32 Å². The Bertz CT molecular complexity index is 509. The summed E-state index contributed by atoms with van der Waals surface area (Å²) in [5.74, 6) is -2.58. The fraction of sp³-hybridized carbons (Fsp3) is 0.500. The first-order valence-electron chi connectivity index (χ1n) is 6.13. The van der Waals surface area contributed by atoms with E-state index in [2.05, 4.69) is 15.0 Å². The van der Waals surface area contributed by atoms with Crippen LogP contribution in [-0.2, 0) is 4.79 Å². The van der Waals surface area contributed by atoms with E-state index >= 15 is 0 Å². The highest BCUT2D eigenvalue weighted by molar-refractivity contribution is 5.96. The fourth-order valence-electron chi connectivity index (χ4n) is 1.51. The molecule has 1 heterocycles. The standard InChI is InChI=1S/C12H17N3O5/c1-4-15(6-10(16)13-7(2)3)11(17)8-5-9(12(18)19)20-14-8/h5,7H,4,6H2,1-3H3,(H,13,16)(H,18,19). The predicted molar refractivity (Wildman–Crippen MR) is 68.3 cm³/mol. The summed E-state index contributed by atoms with van der Waals surface area (Å²) in [5.41, 5.74) is -0.137. The SMILES string of the molecule is CCN(CC(=O)NC(C)C)C(=O)c1cc(C(=O)O)on1. The van der Waals surface area contributed by atoms with E-state index in [1.807, 2.05) is 13.8 Å². The molecule has 8 nitrogen and oxygen atoms in total. The number of carbonyl (C=O) groups excluding carboxylic acids is 2. The number of carboxylic acid groups (broad SMARTS) is 1. The van der Waals surface area contributed by atoms with E-state index < -0.39 is 17.6 Å². The maximum Gasteiger partial charge on any atom is 0.374 e. The lowest BCUT2D eigenvalue weighted by Gasteiger charge is -2.19. The minimum Gasteiger partial charge on any atom is -0.475 e. The summed E-state index contributed by atoms with van der Waals surface area (Å²) >= 11 is 0. The fourth-order valence-corrected chi connectivity index (χ4v) is 1.51. The molecule has 0 bridgehead atoms. The summed E-state index contributed by atoms with van der Waals surface area (Å²) in [7, 11) is 0. The minimum absolute atomic E-state index is 0.0260. The Kier molecular flexibility index (Phi) is 5.24. The van der Waals surface area contributed by atoms with Gasteiger partial charge in [-0.2, -0.15) is 0 Å². The molecule has 0 fully saturated rings. The first-order chi connectivity index (χ1) is 9.35. The van der Waals surface area contributed by atoms with Crippen molar-refractivity contribution in [2.24, 2.45) is 0 Å². The van der Waals surface area contributed by atoms with Crippen LogP contribution >= 0.6 is 0 Å². The van der Waals surface area contributed by atoms with Crippen LogP contribution in [0.15, 0.2) is 10.6 Å². The molecule has 2 N–H and O–H groups in total. The number of carboxylic acids is 1. The van der Waals surface area contributed by atoms with E-state index in [4.69, 9.17) is 5.11 Å². The molecule has 1 aromatic heterocycles. The van der Waals surface area contributed by atoms with Gasteiger partial charge in [0.2, 0.25) is 11.7 Å². The third-order valence-corrected chi connectivity index (χ3v) is 2.39. The lowest BCUT2D eigenvalue weighted by Crippen LogP contribution is -2.42. The molecule has 0 unspecified atom stereocenters. The van der Waals surface area contributed by atoms with Crippen molar-refractivity contribution < 1.29 is 24.0 Å². The van der Waals surface area contributed by atoms with E-state index in [1.54, 1.807) is 6.92 Å². The average Bonchev–Trinajstić information content (AvgIpc) is 2.83. The lowest BCUT2D eigenvalue weighted by atomic mass is 10.3. The van der Waals surface area contributed by atoms with Gasteiger partial charge in [0.15, 0.2) is 5.69 Å². The van der Waals surface area contributed by atoms with Crippen molar-refractivity contribution in [2.75, 3.05) is 13.1 Å². The smallest absolute Gasteiger partial charge is 0.374 e. The minimum atomic E-state index is -1.31. The quantitative estimate of drug-likeness (QED) is 0.779. The predicted octanol–water partition coefficient (Wildman–Crippen LogP) is 0.359. The second-order valence-electron chi connectivity index (χ2n) is 4.42. The van der Waals surface area contributed by atoms with Gasteiger partial charge in [-0.25, -0.2) is 4.79 Å². The van der Waals surface area contributed by atoms with Gasteiger partial charge in [-0.05, 0) is 20.8 Å². The van der Waals surface area contributed by atoms with Crippen molar-refractivity contribution in [3.05, 3.63) is 17.5 Å². The van der Waals surface area contributed by atoms with E-state index in [0.717, 1.165) is 6.07 Å². The van der Waals surface area contributed by atoms with E-state index in [9.17, 15) is 14.4 Å². The molecule has 0 radical (unpaired) electrons. The van der Waals surface area contributed by atoms with Crippen LogP contribution in [0.1, 0.15) is 41.8 Å². The second kappa shape index (κ2) is 6.69. The van der Waals surface area contributed by atoms with Gasteiger partial charge in [0.1, 0.15) is 0 Å². The number of hydrogen-bond donors (Lipinski definition) is 2. The Hall–Kier alpha value is -2.38. The molecule has 0 aliphatic rings. The van der Waals surface area contributed by atoms with Gasteiger partial charge >= 0.3 is 5.97 Å². The van der Waals surface area contributed by atoms with Crippen molar-refractivity contribution in [1.82, 2.24) is 15.4 Å². The summed E-state index contributed by atoms with van der Waals surface area (Å²) in [4.78, 5) is 35.6. The molecule has 110 valence electrons. The van der Waals surface area contributed by atoms with Crippen molar-refractivity contribution in [1.29, 1.82) is 0 Å². The van der Waals surface area contributed by atoms with Gasteiger partial charge in [0, 0.05) is 18.7 Å². The maximum atomic E-state index is 12.1. The first-order valence-corrected chi connectivity index (χ1v) is 6.13. The molecule has 0 saturated carbocycles. The Morgan fingerprint density at radius 3 is 2.55 bits per heavy atom. The normalized spacial score (nSPS) is 10.4. The number of carbonyl (C=O) groups is 3. The van der Waals surface area contributed by atoms with Gasteiger partial charge in [0.05, 0.1) is 6.54 Å². The molecule has 0 spiro atoms. The van der Waals surface area contributed by atoms with Crippen LogP contribution in [0, 0.1) is 0 Å². The maximum absolute atomic E-state index is 12.1. The van der Waals surface area contributed by atoms with Crippen LogP contribution in [0.5, 0.6) is 0 Å². The number of rotatable bonds is 6. The number of aromatic nitrogens is 1. The van der Waals surface area contributed by atoms with E-state index in [0.29, 0.717) is 6.54 Å². The van der Waals surface area contributed by atoms with Crippen LogP contribution in [0.25, 0.3) is 0 Å². The molecule has 0 saturated heterocycles. The van der Waals surface area contributed by atoms with Crippen molar-refractivity contribution in [3.63, 3.8) is 0 Å². The monoisotopic (exact) mass is 283 g/mol. The summed E-state index contributed by atoms with van der Waals surface area (Å²) < 4.78 is 4.51. The zero-order valence-corrected chi connectivity index (χ0v) is 11.5. The van der Waals surface area contributed by atoms with Crippen LogP contribution in [0.4, 0.5) is 0 Å². The van der Waals surface area contributed by atoms with Gasteiger partial charge in [0.25, 0.3) is 5.91 Å². The number of aromatic carboxylic acids is 1. The van der Waals surface area contributed by atoms with Crippen LogP contribution in [-0.4, -0.2) is 52.1 Å². The average molecular weight is 283 g/mol. The van der Waals surface area contributed by atoms with Crippen LogP contribution in [0.3, 0.4) is 0 Å². The first kappa shape index (κ1) is 15.7. The van der Waals surface area contributed by atoms with Gasteiger partial charge in [-0.3, -0.25) is 9.59 Å². The second-order valence-corrected chi connectivity index (χ2v) is 4.42. The molecule has 0 atom stereocenters. The Morgan fingerprint density at radius 1 is 1.45 bits per heavy atom. The highest BCUT2D eigenvalue weighted by Crippen LogP contribution is 2.07. The van der Waals surface area contributed by atoms with Gasteiger partial charge < -0.3 is 19.8 Å². The van der Waals surface area contributed by atoms with E-state index in [-0.39, 0.29) is 24.2 Å². The highest BCUT2D eigenvalue weighted by Gasteiger charge is 2.22. The summed E-state index contributed by atoms with van der Waals surface area (Å²) in [6.07, 6.45) is 0. The molecule has 0 aliphatic carbocycles. The molecule has 8 heteroatoms. The number of hydrogen-bond acceptors (Lipinski definition) is 5. The number of nitrogens with zero attached hydrogens (tertiary/aromatic N) is 2. The molecular formula is C12H17N3O5. The summed E-state index contributed by atoms with van der Waals surface area (Å²) in [5, 5.41) is 14.8.